The highest BCUT2D eigenvalue weighted by atomic mass is 35.5. The average molecular weight is 473 g/mol. The van der Waals surface area contributed by atoms with Crippen LogP contribution >= 0.6 is 11.6 Å². The van der Waals surface area contributed by atoms with Gasteiger partial charge in [0, 0.05) is 29.7 Å². The van der Waals surface area contributed by atoms with Crippen LogP contribution in [0.15, 0.2) is 36.4 Å². The van der Waals surface area contributed by atoms with Crippen LogP contribution in [0.5, 0.6) is 5.88 Å². The Morgan fingerprint density at radius 1 is 1.09 bits per heavy atom. The second-order valence-corrected chi connectivity index (χ2v) is 8.95. The van der Waals surface area contributed by atoms with Gasteiger partial charge in [-0.1, -0.05) is 44.0 Å². The second-order valence-electron chi connectivity index (χ2n) is 8.52. The Morgan fingerprint density at radius 3 is 2.52 bits per heavy atom. The van der Waals surface area contributed by atoms with Gasteiger partial charge >= 0.3 is 0 Å². The quantitative estimate of drug-likeness (QED) is 0.285. The monoisotopic (exact) mass is 472 g/mol. The van der Waals surface area contributed by atoms with Gasteiger partial charge in [-0.05, 0) is 62.5 Å². The molecule has 1 aromatic carbocycles. The van der Waals surface area contributed by atoms with Crippen molar-refractivity contribution in [3.05, 3.63) is 52.5 Å². The lowest BCUT2D eigenvalue weighted by atomic mass is 10.1. The third-order valence-electron chi connectivity index (χ3n) is 6.01. The van der Waals surface area contributed by atoms with E-state index in [9.17, 15) is 0 Å². The zero-order valence-corrected chi connectivity index (χ0v) is 20.7. The summed E-state index contributed by atoms with van der Waals surface area (Å²) in [6.07, 6.45) is 5.86. The molecule has 1 aliphatic heterocycles. The van der Waals surface area contributed by atoms with Crippen LogP contribution < -0.4 is 10.1 Å². The molecule has 3 rings (SSSR count). The van der Waals surface area contributed by atoms with E-state index in [1.165, 1.54) is 19.3 Å². The van der Waals surface area contributed by atoms with Gasteiger partial charge in [-0.15, -0.1) is 0 Å². The van der Waals surface area contributed by atoms with E-state index >= 15 is 0 Å². The fourth-order valence-corrected chi connectivity index (χ4v) is 4.05. The number of aromatic nitrogens is 1. The van der Waals surface area contributed by atoms with Crippen LogP contribution in [-0.4, -0.2) is 54.5 Å². The summed E-state index contributed by atoms with van der Waals surface area (Å²) >= 11 is 6.01. The molecule has 0 unspecified atom stereocenters. The lowest BCUT2D eigenvalue weighted by Crippen LogP contribution is -2.33. The van der Waals surface area contributed by atoms with Gasteiger partial charge in [0.05, 0.1) is 25.0 Å². The van der Waals surface area contributed by atoms with Crippen molar-refractivity contribution in [3.63, 3.8) is 0 Å². The molecule has 0 amide bonds. The van der Waals surface area contributed by atoms with Crippen molar-refractivity contribution < 1.29 is 9.47 Å². The highest BCUT2D eigenvalue weighted by Crippen LogP contribution is 2.22. The minimum absolute atomic E-state index is 0.130. The minimum atomic E-state index is 0.130. The van der Waals surface area contributed by atoms with E-state index in [1.807, 2.05) is 36.4 Å². The third-order valence-corrected chi connectivity index (χ3v) is 6.27. The summed E-state index contributed by atoms with van der Waals surface area (Å²) in [5.74, 6) is 1.21. The first-order chi connectivity index (χ1) is 16.1. The van der Waals surface area contributed by atoms with E-state index in [2.05, 4.69) is 24.1 Å². The van der Waals surface area contributed by atoms with Crippen LogP contribution in [0.25, 0.3) is 0 Å². The third kappa shape index (κ3) is 8.29. The molecule has 2 heterocycles. The Morgan fingerprint density at radius 2 is 1.82 bits per heavy atom. The molecule has 2 N–H and O–H groups in total. The fourth-order valence-electron chi connectivity index (χ4n) is 3.93. The standard InChI is InChI=1S/C26H37ClN4O2/c1-3-22(4-2)33-25-13-12-23(24(28)19-32-17-16-31-14-6-5-7-15-31)26(30-25)29-18-20-8-10-21(27)11-9-20/h8-13,22,28H,3-7,14-19H2,1-2H3,(H,29,30). The average Bonchev–Trinajstić information content (AvgIpc) is 2.85. The van der Waals surface area contributed by atoms with Gasteiger partial charge < -0.3 is 25.1 Å². The van der Waals surface area contributed by atoms with Gasteiger partial charge in [0.25, 0.3) is 0 Å². The van der Waals surface area contributed by atoms with E-state index < -0.39 is 0 Å². The van der Waals surface area contributed by atoms with E-state index in [4.69, 9.17) is 31.5 Å². The predicted octanol–water partition coefficient (Wildman–Crippen LogP) is 5.78. The number of hydrogen-bond acceptors (Lipinski definition) is 6. The molecule has 0 spiro atoms. The number of benzene rings is 1. The number of rotatable bonds is 13. The maximum Gasteiger partial charge on any atom is 0.215 e. The molecule has 2 aromatic rings. The fraction of sp³-hybridized carbons (Fsp3) is 0.538. The number of nitrogens with zero attached hydrogens (tertiary/aromatic N) is 2. The topological polar surface area (TPSA) is 70.5 Å². The maximum atomic E-state index is 8.61. The highest BCUT2D eigenvalue weighted by molar-refractivity contribution is 6.30. The molecule has 1 aromatic heterocycles. The van der Waals surface area contributed by atoms with Crippen molar-refractivity contribution in [2.24, 2.45) is 0 Å². The largest absolute Gasteiger partial charge is 0.474 e. The molecule has 0 bridgehead atoms. The number of hydrogen-bond donors (Lipinski definition) is 2. The van der Waals surface area contributed by atoms with Crippen molar-refractivity contribution in [1.29, 1.82) is 5.41 Å². The van der Waals surface area contributed by atoms with Crippen LogP contribution in [0.3, 0.4) is 0 Å². The van der Waals surface area contributed by atoms with Gasteiger partial charge in [-0.3, -0.25) is 0 Å². The zero-order chi connectivity index (χ0) is 23.5. The van der Waals surface area contributed by atoms with Crippen molar-refractivity contribution in [3.8, 4) is 5.88 Å². The molecule has 7 heteroatoms. The second kappa shape index (κ2) is 13.5. The molecule has 6 nitrogen and oxygen atoms in total. The Kier molecular flexibility index (Phi) is 10.4. The van der Waals surface area contributed by atoms with E-state index in [0.29, 0.717) is 35.6 Å². The molecule has 1 fully saturated rings. The van der Waals surface area contributed by atoms with Gasteiger partial charge in [0.1, 0.15) is 5.82 Å². The Labute approximate surface area is 203 Å². The number of ether oxygens (including phenoxy) is 2. The number of pyridine rings is 1. The smallest absolute Gasteiger partial charge is 0.215 e. The Bertz CT molecular complexity index is 865. The highest BCUT2D eigenvalue weighted by Gasteiger charge is 2.15. The minimum Gasteiger partial charge on any atom is -0.474 e. The van der Waals surface area contributed by atoms with Crippen molar-refractivity contribution in [2.75, 3.05) is 38.2 Å². The lowest BCUT2D eigenvalue weighted by molar-refractivity contribution is 0.120. The van der Waals surface area contributed by atoms with Crippen molar-refractivity contribution >= 4 is 23.1 Å². The number of likely N-dealkylation sites (tertiary alicyclic amines) is 1. The lowest BCUT2D eigenvalue weighted by Gasteiger charge is -2.26. The predicted molar refractivity (Wildman–Crippen MR) is 136 cm³/mol. The van der Waals surface area contributed by atoms with Crippen LogP contribution in [0.4, 0.5) is 5.82 Å². The molecule has 180 valence electrons. The summed E-state index contributed by atoms with van der Waals surface area (Å²) in [6.45, 7) is 8.93. The summed E-state index contributed by atoms with van der Waals surface area (Å²) in [4.78, 5) is 7.14. The van der Waals surface area contributed by atoms with E-state index in [1.54, 1.807) is 0 Å². The van der Waals surface area contributed by atoms with Gasteiger partial charge in [-0.2, -0.15) is 4.98 Å². The first kappa shape index (κ1) is 25.5. The first-order valence-electron chi connectivity index (χ1n) is 12.1. The van der Waals surface area contributed by atoms with Crippen LogP contribution in [0, 0.1) is 5.41 Å². The van der Waals surface area contributed by atoms with Crippen LogP contribution in [-0.2, 0) is 11.3 Å². The molecule has 1 saturated heterocycles. The summed E-state index contributed by atoms with van der Waals surface area (Å²) in [7, 11) is 0. The summed E-state index contributed by atoms with van der Waals surface area (Å²) in [6, 6.07) is 11.5. The van der Waals surface area contributed by atoms with E-state index in [-0.39, 0.29) is 12.7 Å². The van der Waals surface area contributed by atoms with Gasteiger partial charge in [0.2, 0.25) is 5.88 Å². The molecule has 33 heavy (non-hydrogen) atoms. The molecule has 0 radical (unpaired) electrons. The number of halogens is 1. The molecule has 0 saturated carbocycles. The number of anilines is 1. The summed E-state index contributed by atoms with van der Waals surface area (Å²) in [5, 5.41) is 12.7. The van der Waals surface area contributed by atoms with Gasteiger partial charge in [0.15, 0.2) is 0 Å². The molecule has 0 aliphatic carbocycles. The summed E-state index contributed by atoms with van der Waals surface area (Å²) in [5.41, 5.74) is 2.23. The Balaban J connectivity index is 1.63. The number of nitrogens with one attached hydrogen (secondary N) is 2. The summed E-state index contributed by atoms with van der Waals surface area (Å²) < 4.78 is 11.9. The van der Waals surface area contributed by atoms with Gasteiger partial charge in [-0.25, -0.2) is 0 Å². The van der Waals surface area contributed by atoms with E-state index in [0.717, 1.165) is 43.6 Å². The first-order valence-corrected chi connectivity index (χ1v) is 12.5. The number of piperidine rings is 1. The molecular weight excluding hydrogens is 436 g/mol. The maximum absolute atomic E-state index is 8.61. The normalized spacial score (nSPS) is 14.4. The SMILES string of the molecule is CCC(CC)Oc1ccc(C(=N)COCCN2CCCCC2)c(NCc2ccc(Cl)cc2)n1. The molecule has 0 atom stereocenters. The molecular formula is C26H37ClN4O2. The van der Waals surface area contributed by atoms with Crippen LogP contribution in [0.1, 0.15) is 57.1 Å². The van der Waals surface area contributed by atoms with Crippen molar-refractivity contribution in [2.45, 2.75) is 58.6 Å². The van der Waals surface area contributed by atoms with Crippen molar-refractivity contribution in [1.82, 2.24) is 9.88 Å². The van der Waals surface area contributed by atoms with Crippen LogP contribution in [0.2, 0.25) is 5.02 Å². The zero-order valence-electron chi connectivity index (χ0n) is 19.9. The molecule has 1 aliphatic rings. The Hall–Kier alpha value is -2.15.